The molecule has 1 saturated heterocycles. The molecule has 1 aliphatic heterocycles. The van der Waals surface area contributed by atoms with Crippen LogP contribution < -0.4 is 10.2 Å². The fourth-order valence-corrected chi connectivity index (χ4v) is 3.72. The number of nitrogens with zero attached hydrogens (tertiary/aromatic N) is 6. The van der Waals surface area contributed by atoms with Gasteiger partial charge in [0.05, 0.1) is 4.92 Å². The van der Waals surface area contributed by atoms with Crippen LogP contribution >= 0.6 is 0 Å². The molecule has 0 spiro atoms. The van der Waals surface area contributed by atoms with Gasteiger partial charge in [0.2, 0.25) is 0 Å². The molecule has 9 heteroatoms. The van der Waals surface area contributed by atoms with Gasteiger partial charge in [-0.05, 0) is 38.3 Å². The van der Waals surface area contributed by atoms with Gasteiger partial charge >= 0.3 is 0 Å². The smallest absolute Gasteiger partial charge is 0.269 e. The van der Waals surface area contributed by atoms with Gasteiger partial charge in [0.25, 0.3) is 5.69 Å². The molecule has 0 aliphatic carbocycles. The maximum atomic E-state index is 10.9. The second kappa shape index (κ2) is 9.03. The van der Waals surface area contributed by atoms with Crippen LogP contribution in [0.4, 0.5) is 17.3 Å². The van der Waals surface area contributed by atoms with Gasteiger partial charge < -0.3 is 10.2 Å². The number of piperidine rings is 1. The van der Waals surface area contributed by atoms with Gasteiger partial charge in [0, 0.05) is 60.3 Å². The molecule has 0 atom stereocenters. The van der Waals surface area contributed by atoms with Crippen LogP contribution in [0.5, 0.6) is 0 Å². The molecule has 0 radical (unpaired) electrons. The average molecular weight is 419 g/mol. The van der Waals surface area contributed by atoms with Crippen molar-refractivity contribution >= 4 is 17.3 Å². The van der Waals surface area contributed by atoms with Gasteiger partial charge in [-0.25, -0.2) is 19.9 Å². The van der Waals surface area contributed by atoms with Crippen molar-refractivity contribution in [3.63, 3.8) is 0 Å². The molecule has 4 rings (SSSR count). The molecule has 1 aromatic carbocycles. The van der Waals surface area contributed by atoms with Gasteiger partial charge in [-0.3, -0.25) is 10.1 Å². The van der Waals surface area contributed by atoms with E-state index in [2.05, 4.69) is 43.1 Å². The van der Waals surface area contributed by atoms with Crippen LogP contribution in [-0.4, -0.2) is 44.0 Å². The quantitative estimate of drug-likeness (QED) is 0.475. The summed E-state index contributed by atoms with van der Waals surface area (Å²) in [5.74, 6) is 2.32. The summed E-state index contributed by atoms with van der Waals surface area (Å²) in [6, 6.07) is 10.6. The van der Waals surface area contributed by atoms with Crippen LogP contribution in [0.15, 0.2) is 42.7 Å². The molecule has 0 unspecified atom stereocenters. The number of aromatic nitrogens is 4. The Morgan fingerprint density at radius 1 is 1.13 bits per heavy atom. The standard InChI is InChI=1S/C22H25N7O2/c1-3-17-13-21(24-14-23-17)28-10-8-18(9-11-28)26-20-12-15(2)25-22(27-20)16-4-6-19(7-5-16)29(30)31/h4-7,12-14,18H,3,8-11H2,1-2H3,(H,25,26,27). The number of nitro benzene ring substituents is 1. The molecular formula is C22H25N7O2. The topological polar surface area (TPSA) is 110 Å². The Morgan fingerprint density at radius 3 is 2.55 bits per heavy atom. The summed E-state index contributed by atoms with van der Waals surface area (Å²) in [6.07, 6.45) is 4.49. The minimum atomic E-state index is -0.412. The van der Waals surface area contributed by atoms with E-state index in [1.807, 2.05) is 13.0 Å². The Bertz CT molecular complexity index is 1060. The summed E-state index contributed by atoms with van der Waals surface area (Å²) in [5.41, 5.74) is 2.70. The minimum absolute atomic E-state index is 0.0521. The molecule has 0 amide bonds. The SMILES string of the molecule is CCc1cc(N2CCC(Nc3cc(C)nc(-c4ccc([N+](=O)[O-])cc4)n3)CC2)ncn1. The number of nitro groups is 1. The van der Waals surface area contributed by atoms with Crippen molar-refractivity contribution < 1.29 is 4.92 Å². The van der Waals surface area contributed by atoms with Gasteiger partial charge in [-0.15, -0.1) is 0 Å². The van der Waals surface area contributed by atoms with Crippen LogP contribution in [0, 0.1) is 17.0 Å². The Hall–Kier alpha value is -3.62. The molecule has 1 N–H and O–H groups in total. The van der Waals surface area contributed by atoms with E-state index in [0.717, 1.165) is 60.9 Å². The van der Waals surface area contributed by atoms with Crippen molar-refractivity contribution in [1.82, 2.24) is 19.9 Å². The fraction of sp³-hybridized carbons (Fsp3) is 0.364. The monoisotopic (exact) mass is 419 g/mol. The van der Waals surface area contributed by atoms with Crippen molar-refractivity contribution in [2.75, 3.05) is 23.3 Å². The predicted molar refractivity (Wildman–Crippen MR) is 119 cm³/mol. The van der Waals surface area contributed by atoms with Gasteiger partial charge in [-0.2, -0.15) is 0 Å². The molecule has 160 valence electrons. The van der Waals surface area contributed by atoms with Crippen LogP contribution in [0.1, 0.15) is 31.2 Å². The first-order chi connectivity index (χ1) is 15.0. The highest BCUT2D eigenvalue weighted by Gasteiger charge is 2.21. The van der Waals surface area contributed by atoms with Crippen LogP contribution in [-0.2, 0) is 6.42 Å². The summed E-state index contributed by atoms with van der Waals surface area (Å²) >= 11 is 0. The maximum Gasteiger partial charge on any atom is 0.269 e. The van der Waals surface area contributed by atoms with Crippen LogP contribution in [0.3, 0.4) is 0 Å². The molecule has 3 aromatic rings. The number of aryl methyl sites for hydroxylation is 2. The normalized spacial score (nSPS) is 14.5. The highest BCUT2D eigenvalue weighted by Crippen LogP contribution is 2.24. The molecule has 0 bridgehead atoms. The van der Waals surface area contributed by atoms with Crippen LogP contribution in [0.25, 0.3) is 11.4 Å². The van der Waals surface area contributed by atoms with E-state index < -0.39 is 4.92 Å². The van der Waals surface area contributed by atoms with Gasteiger partial charge in [-0.1, -0.05) is 6.92 Å². The second-order valence-corrected chi connectivity index (χ2v) is 7.65. The number of nitrogens with one attached hydrogen (secondary N) is 1. The van der Waals surface area contributed by atoms with Crippen molar-refractivity contribution in [2.24, 2.45) is 0 Å². The van der Waals surface area contributed by atoms with Crippen LogP contribution in [0.2, 0.25) is 0 Å². The first-order valence-corrected chi connectivity index (χ1v) is 10.4. The molecule has 2 aromatic heterocycles. The maximum absolute atomic E-state index is 10.9. The average Bonchev–Trinajstić information content (AvgIpc) is 2.79. The third kappa shape index (κ3) is 4.93. The van der Waals surface area contributed by atoms with E-state index in [9.17, 15) is 10.1 Å². The van der Waals surface area contributed by atoms with E-state index in [1.165, 1.54) is 12.1 Å². The lowest BCUT2D eigenvalue weighted by Crippen LogP contribution is -2.39. The molecule has 3 heterocycles. The first-order valence-electron chi connectivity index (χ1n) is 10.4. The minimum Gasteiger partial charge on any atom is -0.367 e. The second-order valence-electron chi connectivity index (χ2n) is 7.65. The Labute approximate surface area is 180 Å². The Morgan fingerprint density at radius 2 is 1.87 bits per heavy atom. The zero-order valence-corrected chi connectivity index (χ0v) is 17.7. The lowest BCUT2D eigenvalue weighted by molar-refractivity contribution is -0.384. The molecule has 0 saturated carbocycles. The number of non-ortho nitro benzene ring substituents is 1. The number of hydrogen-bond acceptors (Lipinski definition) is 8. The van der Waals surface area contributed by atoms with E-state index in [0.29, 0.717) is 11.9 Å². The van der Waals surface area contributed by atoms with Crippen molar-refractivity contribution in [3.05, 3.63) is 64.2 Å². The summed E-state index contributed by atoms with van der Waals surface area (Å²) in [5, 5.41) is 14.4. The molecule has 31 heavy (non-hydrogen) atoms. The summed E-state index contributed by atoms with van der Waals surface area (Å²) < 4.78 is 0. The molecule has 1 fully saturated rings. The zero-order valence-electron chi connectivity index (χ0n) is 17.7. The summed E-state index contributed by atoms with van der Waals surface area (Å²) in [6.45, 7) is 5.84. The van der Waals surface area contributed by atoms with E-state index >= 15 is 0 Å². The van der Waals surface area contributed by atoms with E-state index in [1.54, 1.807) is 18.5 Å². The van der Waals surface area contributed by atoms with E-state index in [4.69, 9.17) is 0 Å². The van der Waals surface area contributed by atoms with Gasteiger partial charge in [0.1, 0.15) is 18.0 Å². The number of benzene rings is 1. The van der Waals surface area contributed by atoms with Crippen molar-refractivity contribution in [2.45, 2.75) is 39.2 Å². The summed E-state index contributed by atoms with van der Waals surface area (Å²) in [7, 11) is 0. The van der Waals surface area contributed by atoms with Crippen molar-refractivity contribution in [3.8, 4) is 11.4 Å². The van der Waals surface area contributed by atoms with E-state index in [-0.39, 0.29) is 5.69 Å². The predicted octanol–water partition coefficient (Wildman–Crippen LogP) is 3.79. The Kier molecular flexibility index (Phi) is 6.01. The highest BCUT2D eigenvalue weighted by molar-refractivity contribution is 5.59. The number of rotatable bonds is 6. The first kappa shape index (κ1) is 20.6. The number of anilines is 2. The molecular weight excluding hydrogens is 394 g/mol. The lowest BCUT2D eigenvalue weighted by Gasteiger charge is -2.33. The Balaban J connectivity index is 1.42. The lowest BCUT2D eigenvalue weighted by atomic mass is 10.0. The third-order valence-electron chi connectivity index (χ3n) is 5.43. The largest absolute Gasteiger partial charge is 0.367 e. The zero-order chi connectivity index (χ0) is 21.8. The number of hydrogen-bond donors (Lipinski definition) is 1. The third-order valence-corrected chi connectivity index (χ3v) is 5.43. The highest BCUT2D eigenvalue weighted by atomic mass is 16.6. The summed E-state index contributed by atoms with van der Waals surface area (Å²) in [4.78, 5) is 30.6. The van der Waals surface area contributed by atoms with Crippen molar-refractivity contribution in [1.29, 1.82) is 0 Å². The molecule has 9 nitrogen and oxygen atoms in total. The fourth-order valence-electron chi connectivity index (χ4n) is 3.72. The molecule has 1 aliphatic rings. The van der Waals surface area contributed by atoms with Gasteiger partial charge in [0.15, 0.2) is 5.82 Å².